The highest BCUT2D eigenvalue weighted by atomic mass is 32.2. The van der Waals surface area contributed by atoms with Gasteiger partial charge in [0.25, 0.3) is 5.91 Å². The lowest BCUT2D eigenvalue weighted by Crippen LogP contribution is -2.42. The third-order valence-corrected chi connectivity index (χ3v) is 5.44. The van der Waals surface area contributed by atoms with Crippen LogP contribution >= 0.6 is 0 Å². The number of hydrogen-bond donors (Lipinski definition) is 0. The van der Waals surface area contributed by atoms with Crippen LogP contribution in [0.2, 0.25) is 0 Å². The SMILES string of the molecule is CCOc1ccc(N(C(=O)c2c(F)cccc2F)C2C=CS(=O)(=O)C2)cc1. The van der Waals surface area contributed by atoms with Crippen molar-refractivity contribution >= 4 is 21.4 Å². The van der Waals surface area contributed by atoms with Crippen molar-refractivity contribution in [3.63, 3.8) is 0 Å². The molecule has 0 spiro atoms. The van der Waals surface area contributed by atoms with Gasteiger partial charge in [-0.25, -0.2) is 17.2 Å². The third kappa shape index (κ3) is 4.00. The highest BCUT2D eigenvalue weighted by molar-refractivity contribution is 7.94. The van der Waals surface area contributed by atoms with Crippen LogP contribution in [-0.2, 0) is 9.84 Å². The molecule has 0 saturated carbocycles. The predicted molar refractivity (Wildman–Crippen MR) is 97.5 cm³/mol. The molecule has 2 aromatic rings. The average molecular weight is 393 g/mol. The fourth-order valence-electron chi connectivity index (χ4n) is 2.87. The quantitative estimate of drug-likeness (QED) is 0.782. The Morgan fingerprint density at radius 2 is 1.78 bits per heavy atom. The summed E-state index contributed by atoms with van der Waals surface area (Å²) in [5.41, 5.74) is -0.429. The van der Waals surface area contributed by atoms with E-state index in [1.54, 1.807) is 24.3 Å². The summed E-state index contributed by atoms with van der Waals surface area (Å²) in [6.07, 6.45) is 1.34. The Labute approximate surface area is 155 Å². The Balaban J connectivity index is 2.05. The number of anilines is 1. The molecular formula is C19H17F2NO4S. The highest BCUT2D eigenvalue weighted by Crippen LogP contribution is 2.28. The monoisotopic (exact) mass is 393 g/mol. The molecule has 0 aliphatic carbocycles. The molecule has 1 aliphatic rings. The number of carbonyl (C=O) groups is 1. The van der Waals surface area contributed by atoms with Crippen LogP contribution in [0.1, 0.15) is 17.3 Å². The number of rotatable bonds is 5. The van der Waals surface area contributed by atoms with E-state index in [9.17, 15) is 22.0 Å². The van der Waals surface area contributed by atoms with Crippen LogP contribution in [0, 0.1) is 11.6 Å². The van der Waals surface area contributed by atoms with E-state index in [1.165, 1.54) is 6.08 Å². The average Bonchev–Trinajstić information content (AvgIpc) is 2.96. The third-order valence-electron chi connectivity index (χ3n) is 4.06. The Bertz CT molecular complexity index is 967. The maximum absolute atomic E-state index is 14.1. The number of amides is 1. The Morgan fingerprint density at radius 3 is 2.30 bits per heavy atom. The molecule has 1 atom stereocenters. The standard InChI is InChI=1S/C19H17F2NO4S/c1-2-26-15-8-6-13(7-9-15)22(14-10-11-27(24,25)12-14)19(23)18-16(20)4-3-5-17(18)21/h3-11,14H,2,12H2,1H3. The Morgan fingerprint density at radius 1 is 1.15 bits per heavy atom. The molecule has 1 unspecified atom stereocenters. The number of sulfone groups is 1. The molecule has 3 rings (SSSR count). The van der Waals surface area contributed by atoms with E-state index in [2.05, 4.69) is 0 Å². The summed E-state index contributed by atoms with van der Waals surface area (Å²) < 4.78 is 57.3. The van der Waals surface area contributed by atoms with Gasteiger partial charge in [0.1, 0.15) is 22.9 Å². The van der Waals surface area contributed by atoms with Gasteiger partial charge in [0, 0.05) is 11.1 Å². The van der Waals surface area contributed by atoms with E-state index < -0.39 is 39.0 Å². The summed E-state index contributed by atoms with van der Waals surface area (Å²) in [6.45, 7) is 2.27. The van der Waals surface area contributed by atoms with Crippen LogP contribution in [-0.4, -0.2) is 32.7 Å². The van der Waals surface area contributed by atoms with Crippen molar-refractivity contribution in [3.05, 3.63) is 71.1 Å². The van der Waals surface area contributed by atoms with Crippen molar-refractivity contribution in [2.24, 2.45) is 0 Å². The number of ether oxygens (including phenoxy) is 1. The second-order valence-electron chi connectivity index (χ2n) is 5.92. The predicted octanol–water partition coefficient (Wildman–Crippen LogP) is 3.32. The Kier molecular flexibility index (Phi) is 5.27. The summed E-state index contributed by atoms with van der Waals surface area (Å²) >= 11 is 0. The molecule has 0 bridgehead atoms. The number of nitrogens with zero attached hydrogens (tertiary/aromatic N) is 1. The van der Waals surface area contributed by atoms with E-state index in [1.807, 2.05) is 6.92 Å². The minimum atomic E-state index is -3.49. The molecule has 5 nitrogen and oxygen atoms in total. The molecule has 2 aromatic carbocycles. The van der Waals surface area contributed by atoms with Crippen molar-refractivity contribution in [1.29, 1.82) is 0 Å². The first-order chi connectivity index (χ1) is 12.8. The van der Waals surface area contributed by atoms with Crippen molar-refractivity contribution in [2.75, 3.05) is 17.3 Å². The van der Waals surface area contributed by atoms with Gasteiger partial charge < -0.3 is 9.64 Å². The van der Waals surface area contributed by atoms with E-state index in [0.717, 1.165) is 28.5 Å². The summed E-state index contributed by atoms with van der Waals surface area (Å²) in [6, 6.07) is 8.53. The molecule has 0 aromatic heterocycles. The van der Waals surface area contributed by atoms with Crippen LogP contribution in [0.5, 0.6) is 5.75 Å². The summed E-state index contributed by atoms with van der Waals surface area (Å²) in [4.78, 5) is 14.1. The molecule has 1 heterocycles. The number of hydrogen-bond acceptors (Lipinski definition) is 4. The van der Waals surface area contributed by atoms with Gasteiger partial charge in [0.05, 0.1) is 18.4 Å². The lowest BCUT2D eigenvalue weighted by molar-refractivity contribution is 0.0975. The molecular weight excluding hydrogens is 376 g/mol. The zero-order valence-electron chi connectivity index (χ0n) is 14.4. The van der Waals surface area contributed by atoms with Crippen LogP contribution in [0.15, 0.2) is 53.9 Å². The summed E-state index contributed by atoms with van der Waals surface area (Å²) in [7, 11) is -3.49. The highest BCUT2D eigenvalue weighted by Gasteiger charge is 2.34. The lowest BCUT2D eigenvalue weighted by Gasteiger charge is -2.28. The number of halogens is 2. The van der Waals surface area contributed by atoms with E-state index in [0.29, 0.717) is 18.0 Å². The van der Waals surface area contributed by atoms with Gasteiger partial charge in [0.15, 0.2) is 9.84 Å². The molecule has 0 saturated heterocycles. The second kappa shape index (κ2) is 7.48. The van der Waals surface area contributed by atoms with Crippen molar-refractivity contribution in [3.8, 4) is 5.75 Å². The first kappa shape index (κ1) is 19.0. The largest absolute Gasteiger partial charge is 0.494 e. The smallest absolute Gasteiger partial charge is 0.264 e. The summed E-state index contributed by atoms with van der Waals surface area (Å²) in [5, 5.41) is 1.00. The van der Waals surface area contributed by atoms with E-state index in [4.69, 9.17) is 4.74 Å². The van der Waals surface area contributed by atoms with E-state index in [-0.39, 0.29) is 5.75 Å². The fourth-order valence-corrected chi connectivity index (χ4v) is 4.14. The van der Waals surface area contributed by atoms with Crippen LogP contribution in [0.4, 0.5) is 14.5 Å². The van der Waals surface area contributed by atoms with Crippen LogP contribution < -0.4 is 9.64 Å². The zero-order chi connectivity index (χ0) is 19.6. The molecule has 0 radical (unpaired) electrons. The van der Waals surface area contributed by atoms with E-state index >= 15 is 0 Å². The molecule has 1 amide bonds. The van der Waals surface area contributed by atoms with Gasteiger partial charge in [-0.1, -0.05) is 6.07 Å². The van der Waals surface area contributed by atoms with Gasteiger partial charge in [-0.15, -0.1) is 0 Å². The van der Waals surface area contributed by atoms with Crippen molar-refractivity contribution < 1.29 is 26.7 Å². The first-order valence-corrected chi connectivity index (χ1v) is 9.95. The fraction of sp³-hybridized carbons (Fsp3) is 0.211. The molecule has 0 N–H and O–H groups in total. The minimum Gasteiger partial charge on any atom is -0.494 e. The number of carbonyl (C=O) groups excluding carboxylic acids is 1. The zero-order valence-corrected chi connectivity index (χ0v) is 15.2. The van der Waals surface area contributed by atoms with Crippen molar-refractivity contribution in [2.45, 2.75) is 13.0 Å². The lowest BCUT2D eigenvalue weighted by atomic mass is 10.1. The first-order valence-electron chi connectivity index (χ1n) is 8.24. The number of benzene rings is 2. The van der Waals surface area contributed by atoms with Gasteiger partial charge in [-0.2, -0.15) is 0 Å². The molecule has 8 heteroatoms. The second-order valence-corrected chi connectivity index (χ2v) is 7.86. The Hall–Kier alpha value is -2.74. The van der Waals surface area contributed by atoms with Gasteiger partial charge in [-0.05, 0) is 49.4 Å². The molecule has 1 aliphatic heterocycles. The van der Waals surface area contributed by atoms with Crippen LogP contribution in [0.25, 0.3) is 0 Å². The topological polar surface area (TPSA) is 63.7 Å². The van der Waals surface area contributed by atoms with Crippen LogP contribution in [0.3, 0.4) is 0 Å². The summed E-state index contributed by atoms with van der Waals surface area (Å²) in [5.74, 6) is -2.79. The molecule has 0 fully saturated rings. The maximum Gasteiger partial charge on any atom is 0.264 e. The van der Waals surface area contributed by atoms with Gasteiger partial charge in [0.2, 0.25) is 0 Å². The minimum absolute atomic E-state index is 0.304. The normalized spacial score (nSPS) is 17.7. The van der Waals surface area contributed by atoms with Gasteiger partial charge >= 0.3 is 0 Å². The molecule has 27 heavy (non-hydrogen) atoms. The van der Waals surface area contributed by atoms with Crippen molar-refractivity contribution in [1.82, 2.24) is 0 Å². The maximum atomic E-state index is 14.1. The van der Waals surface area contributed by atoms with Gasteiger partial charge in [-0.3, -0.25) is 4.79 Å². The molecule has 142 valence electrons.